The second-order valence-electron chi connectivity index (χ2n) is 2.51. The third-order valence-electron chi connectivity index (χ3n) is 1.51. The van der Waals surface area contributed by atoms with Crippen molar-refractivity contribution in [2.24, 2.45) is 5.73 Å². The Morgan fingerprint density at radius 1 is 1.54 bits per heavy atom. The Morgan fingerprint density at radius 3 is 2.77 bits per heavy atom. The van der Waals surface area contributed by atoms with Crippen molar-refractivity contribution >= 4 is 17.5 Å². The number of carbonyl (C=O) groups excluding carboxylic acids is 2. The van der Waals surface area contributed by atoms with Gasteiger partial charge >= 0.3 is 11.8 Å². The average molecular weight is 179 g/mol. The molecule has 0 aliphatic rings. The van der Waals surface area contributed by atoms with Gasteiger partial charge in [0.15, 0.2) is 0 Å². The summed E-state index contributed by atoms with van der Waals surface area (Å²) in [6, 6.07) is 1.72. The molecule has 1 aromatic rings. The van der Waals surface area contributed by atoms with Gasteiger partial charge in [0.2, 0.25) is 0 Å². The molecule has 0 aliphatic carbocycles. The quantitative estimate of drug-likeness (QED) is 0.586. The molecule has 1 aromatic heterocycles. The average Bonchev–Trinajstić information content (AvgIpc) is 2.08. The van der Waals surface area contributed by atoms with Crippen LogP contribution in [0.2, 0.25) is 0 Å². The Kier molecular flexibility index (Phi) is 2.59. The number of nitrogens with one attached hydrogen (secondary N) is 1. The maximum absolute atomic E-state index is 10.9. The van der Waals surface area contributed by atoms with Crippen LogP contribution in [0.1, 0.15) is 5.56 Å². The van der Waals surface area contributed by atoms with Gasteiger partial charge < -0.3 is 11.1 Å². The molecule has 0 atom stereocenters. The lowest BCUT2D eigenvalue weighted by molar-refractivity contribution is -0.134. The highest BCUT2D eigenvalue weighted by atomic mass is 16.2. The molecule has 5 heteroatoms. The van der Waals surface area contributed by atoms with Crippen LogP contribution in [0.15, 0.2) is 18.5 Å². The predicted molar refractivity (Wildman–Crippen MR) is 46.8 cm³/mol. The Hall–Kier alpha value is -1.91. The van der Waals surface area contributed by atoms with Crippen molar-refractivity contribution in [2.45, 2.75) is 6.92 Å². The van der Waals surface area contributed by atoms with Crippen LogP contribution < -0.4 is 11.1 Å². The smallest absolute Gasteiger partial charge is 0.313 e. The molecule has 0 saturated heterocycles. The summed E-state index contributed by atoms with van der Waals surface area (Å²) >= 11 is 0. The first-order valence-corrected chi connectivity index (χ1v) is 3.62. The molecule has 0 spiro atoms. The van der Waals surface area contributed by atoms with E-state index in [1.807, 2.05) is 0 Å². The number of nitrogens with zero attached hydrogens (tertiary/aromatic N) is 1. The van der Waals surface area contributed by atoms with Gasteiger partial charge in [-0.15, -0.1) is 0 Å². The molecule has 0 fully saturated rings. The van der Waals surface area contributed by atoms with Crippen LogP contribution in [0, 0.1) is 6.92 Å². The molecule has 0 radical (unpaired) electrons. The number of rotatable bonds is 1. The van der Waals surface area contributed by atoms with Gasteiger partial charge in [-0.05, 0) is 18.6 Å². The van der Waals surface area contributed by atoms with Crippen molar-refractivity contribution in [2.75, 3.05) is 5.32 Å². The van der Waals surface area contributed by atoms with Crippen LogP contribution >= 0.6 is 0 Å². The zero-order valence-electron chi connectivity index (χ0n) is 7.07. The van der Waals surface area contributed by atoms with E-state index in [1.165, 1.54) is 6.20 Å². The normalized spacial score (nSPS) is 9.31. The van der Waals surface area contributed by atoms with E-state index in [4.69, 9.17) is 5.73 Å². The van der Waals surface area contributed by atoms with Crippen LogP contribution in [0.25, 0.3) is 0 Å². The number of hydrogen-bond acceptors (Lipinski definition) is 3. The maximum atomic E-state index is 10.9. The highest BCUT2D eigenvalue weighted by molar-refractivity contribution is 6.39. The first-order valence-electron chi connectivity index (χ1n) is 3.62. The second kappa shape index (κ2) is 3.66. The lowest BCUT2D eigenvalue weighted by atomic mass is 10.2. The molecule has 1 heterocycles. The number of nitrogens with two attached hydrogens (primary N) is 1. The molecule has 2 amide bonds. The van der Waals surface area contributed by atoms with Gasteiger partial charge in [-0.2, -0.15) is 0 Å². The molecule has 3 N–H and O–H groups in total. The van der Waals surface area contributed by atoms with E-state index in [1.54, 1.807) is 19.2 Å². The van der Waals surface area contributed by atoms with E-state index in [9.17, 15) is 9.59 Å². The Morgan fingerprint density at radius 2 is 2.23 bits per heavy atom. The van der Waals surface area contributed by atoms with E-state index in [0.717, 1.165) is 5.56 Å². The molecule has 68 valence electrons. The summed E-state index contributed by atoms with van der Waals surface area (Å²) < 4.78 is 0. The van der Waals surface area contributed by atoms with Crippen molar-refractivity contribution in [1.29, 1.82) is 0 Å². The number of pyridine rings is 1. The number of amides is 2. The van der Waals surface area contributed by atoms with Crippen molar-refractivity contribution in [1.82, 2.24) is 4.98 Å². The van der Waals surface area contributed by atoms with E-state index < -0.39 is 11.8 Å². The van der Waals surface area contributed by atoms with Crippen LogP contribution in [0.3, 0.4) is 0 Å². The van der Waals surface area contributed by atoms with Gasteiger partial charge in [0.25, 0.3) is 0 Å². The van der Waals surface area contributed by atoms with E-state index in [2.05, 4.69) is 10.3 Å². The zero-order valence-corrected chi connectivity index (χ0v) is 7.07. The summed E-state index contributed by atoms with van der Waals surface area (Å²) in [5.41, 5.74) is 6.08. The highest BCUT2D eigenvalue weighted by Gasteiger charge is 2.09. The minimum atomic E-state index is -1.01. The molecule has 0 bridgehead atoms. The highest BCUT2D eigenvalue weighted by Crippen LogP contribution is 2.10. The number of aromatic nitrogens is 1. The SMILES string of the molecule is Cc1ccncc1NC(=O)C(N)=O. The Labute approximate surface area is 75.0 Å². The fraction of sp³-hybridized carbons (Fsp3) is 0.125. The van der Waals surface area contributed by atoms with Crippen LogP contribution in [-0.2, 0) is 9.59 Å². The summed E-state index contributed by atoms with van der Waals surface area (Å²) in [5, 5.41) is 2.33. The second-order valence-corrected chi connectivity index (χ2v) is 2.51. The Bertz CT molecular complexity index is 349. The lowest BCUT2D eigenvalue weighted by Gasteiger charge is -2.04. The summed E-state index contributed by atoms with van der Waals surface area (Å²) in [7, 11) is 0. The third kappa shape index (κ3) is 2.26. The molecular formula is C8H9N3O2. The summed E-state index contributed by atoms with van der Waals surface area (Å²) in [4.78, 5) is 25.0. The van der Waals surface area contributed by atoms with Gasteiger partial charge in [-0.3, -0.25) is 14.6 Å². The van der Waals surface area contributed by atoms with Crippen LogP contribution in [-0.4, -0.2) is 16.8 Å². The van der Waals surface area contributed by atoms with Crippen LogP contribution in [0.5, 0.6) is 0 Å². The van der Waals surface area contributed by atoms with E-state index in [0.29, 0.717) is 5.69 Å². The van der Waals surface area contributed by atoms with Gasteiger partial charge in [0.05, 0.1) is 11.9 Å². The predicted octanol–water partition coefficient (Wildman–Crippen LogP) is -0.186. The molecule has 0 aliphatic heterocycles. The zero-order chi connectivity index (χ0) is 9.84. The molecule has 5 nitrogen and oxygen atoms in total. The first kappa shape index (κ1) is 9.18. The van der Waals surface area contributed by atoms with Crippen molar-refractivity contribution in [3.63, 3.8) is 0 Å². The van der Waals surface area contributed by atoms with Crippen molar-refractivity contribution < 1.29 is 9.59 Å². The monoisotopic (exact) mass is 179 g/mol. The lowest BCUT2D eigenvalue weighted by Crippen LogP contribution is -2.29. The number of aryl methyl sites for hydroxylation is 1. The number of anilines is 1. The fourth-order valence-corrected chi connectivity index (χ4v) is 0.779. The molecule has 0 saturated carbocycles. The molecule has 0 unspecified atom stereocenters. The van der Waals surface area contributed by atoms with E-state index in [-0.39, 0.29) is 0 Å². The van der Waals surface area contributed by atoms with Gasteiger partial charge in [0.1, 0.15) is 0 Å². The molecule has 1 rings (SSSR count). The minimum Gasteiger partial charge on any atom is -0.361 e. The number of primary amides is 1. The maximum Gasteiger partial charge on any atom is 0.313 e. The van der Waals surface area contributed by atoms with Gasteiger partial charge in [-0.25, -0.2) is 0 Å². The Balaban J connectivity index is 2.81. The third-order valence-corrected chi connectivity index (χ3v) is 1.51. The largest absolute Gasteiger partial charge is 0.361 e. The van der Waals surface area contributed by atoms with Crippen molar-refractivity contribution in [3.8, 4) is 0 Å². The van der Waals surface area contributed by atoms with Gasteiger partial charge in [0, 0.05) is 6.20 Å². The molecule has 0 aromatic carbocycles. The summed E-state index contributed by atoms with van der Waals surface area (Å²) in [6.45, 7) is 1.79. The van der Waals surface area contributed by atoms with E-state index >= 15 is 0 Å². The standard InChI is InChI=1S/C8H9N3O2/c1-5-2-3-10-4-6(5)11-8(13)7(9)12/h2-4H,1H3,(H2,9,12)(H,11,13). The number of hydrogen-bond donors (Lipinski definition) is 2. The first-order chi connectivity index (χ1) is 6.11. The number of carbonyl (C=O) groups is 2. The summed E-state index contributed by atoms with van der Waals surface area (Å²) in [6.07, 6.45) is 3.05. The molecular weight excluding hydrogens is 170 g/mol. The van der Waals surface area contributed by atoms with Gasteiger partial charge in [-0.1, -0.05) is 0 Å². The summed E-state index contributed by atoms with van der Waals surface area (Å²) in [5.74, 6) is -1.85. The van der Waals surface area contributed by atoms with Crippen molar-refractivity contribution in [3.05, 3.63) is 24.0 Å². The topological polar surface area (TPSA) is 85.1 Å². The molecule has 13 heavy (non-hydrogen) atoms. The van der Waals surface area contributed by atoms with Crippen LogP contribution in [0.4, 0.5) is 5.69 Å². The fourth-order valence-electron chi connectivity index (χ4n) is 0.779. The minimum absolute atomic E-state index is 0.492.